The molecule has 0 heterocycles. The Morgan fingerprint density at radius 1 is 1.15 bits per heavy atom. The topological polar surface area (TPSA) is 72.5 Å². The normalized spacial score (nSPS) is 12.2. The summed E-state index contributed by atoms with van der Waals surface area (Å²) < 4.78 is 28.5. The molecule has 0 aromatic heterocycles. The summed E-state index contributed by atoms with van der Waals surface area (Å²) in [7, 11) is -3.23. The van der Waals surface area contributed by atoms with Gasteiger partial charge in [-0.2, -0.15) is 0 Å². The minimum absolute atomic E-state index is 0.195. The standard InChI is InChI=1S/C20H23NO4S/c1-4-14-25-17-10-6-16(7-11-17)20(22)21-19(5-2)15-8-12-18(13-9-15)26(3,23)24/h4,6-13,19H,1,5,14H2,2-3H3,(H,21,22)/t19-/m1/s1. The van der Waals surface area contributed by atoms with Gasteiger partial charge in [-0.3, -0.25) is 4.79 Å². The zero-order valence-electron chi connectivity index (χ0n) is 14.9. The monoisotopic (exact) mass is 373 g/mol. The number of hydrogen-bond donors (Lipinski definition) is 1. The van der Waals surface area contributed by atoms with Gasteiger partial charge in [-0.1, -0.05) is 31.7 Å². The van der Waals surface area contributed by atoms with E-state index in [0.29, 0.717) is 24.3 Å². The fraction of sp³-hybridized carbons (Fsp3) is 0.250. The first-order valence-corrected chi connectivity index (χ1v) is 10.2. The van der Waals surface area contributed by atoms with Crippen LogP contribution in [-0.2, 0) is 9.84 Å². The Bertz CT molecular complexity index is 856. The Hall–Kier alpha value is -2.60. The lowest BCUT2D eigenvalue weighted by Crippen LogP contribution is -2.28. The van der Waals surface area contributed by atoms with Crippen molar-refractivity contribution in [2.24, 2.45) is 0 Å². The van der Waals surface area contributed by atoms with Crippen molar-refractivity contribution in [3.8, 4) is 5.75 Å². The summed E-state index contributed by atoms with van der Waals surface area (Å²) in [5, 5.41) is 2.97. The van der Waals surface area contributed by atoms with Crippen molar-refractivity contribution >= 4 is 15.7 Å². The van der Waals surface area contributed by atoms with Gasteiger partial charge in [0.1, 0.15) is 12.4 Å². The number of nitrogens with one attached hydrogen (secondary N) is 1. The lowest BCUT2D eigenvalue weighted by Gasteiger charge is -2.18. The first-order chi connectivity index (χ1) is 12.3. The molecule has 0 fully saturated rings. The fourth-order valence-electron chi connectivity index (χ4n) is 2.47. The summed E-state index contributed by atoms with van der Waals surface area (Å²) in [5.41, 5.74) is 1.39. The lowest BCUT2D eigenvalue weighted by molar-refractivity contribution is 0.0935. The van der Waals surface area contributed by atoms with E-state index in [0.717, 1.165) is 5.56 Å². The number of ether oxygens (including phenoxy) is 1. The van der Waals surface area contributed by atoms with Crippen molar-refractivity contribution in [2.45, 2.75) is 24.3 Å². The van der Waals surface area contributed by atoms with Gasteiger partial charge >= 0.3 is 0 Å². The third-order valence-electron chi connectivity index (χ3n) is 3.91. The minimum Gasteiger partial charge on any atom is -0.490 e. The van der Waals surface area contributed by atoms with Gasteiger partial charge in [-0.15, -0.1) is 0 Å². The second kappa shape index (κ2) is 8.67. The Morgan fingerprint density at radius 2 is 1.77 bits per heavy atom. The molecule has 0 aliphatic carbocycles. The number of sulfone groups is 1. The number of hydrogen-bond acceptors (Lipinski definition) is 4. The van der Waals surface area contributed by atoms with Gasteiger partial charge in [0.15, 0.2) is 9.84 Å². The second-order valence-electron chi connectivity index (χ2n) is 5.90. The molecule has 0 aliphatic rings. The Balaban J connectivity index is 2.09. The van der Waals surface area contributed by atoms with Gasteiger partial charge in [0.2, 0.25) is 0 Å². The summed E-state index contributed by atoms with van der Waals surface area (Å²) in [5.74, 6) is 0.476. The third kappa shape index (κ3) is 5.20. The van der Waals surface area contributed by atoms with Crippen LogP contribution in [0.15, 0.2) is 66.1 Å². The molecule has 2 aromatic carbocycles. The molecule has 0 bridgehead atoms. The molecule has 0 unspecified atom stereocenters. The number of rotatable bonds is 8. The van der Waals surface area contributed by atoms with E-state index in [1.807, 2.05) is 6.92 Å². The zero-order chi connectivity index (χ0) is 19.2. The molecule has 138 valence electrons. The lowest BCUT2D eigenvalue weighted by atomic mass is 10.0. The largest absolute Gasteiger partial charge is 0.490 e. The van der Waals surface area contributed by atoms with Crippen molar-refractivity contribution in [3.05, 3.63) is 72.3 Å². The van der Waals surface area contributed by atoms with Crippen LogP contribution >= 0.6 is 0 Å². The van der Waals surface area contributed by atoms with Crippen molar-refractivity contribution < 1.29 is 17.9 Å². The molecule has 1 atom stereocenters. The van der Waals surface area contributed by atoms with E-state index >= 15 is 0 Å². The maximum Gasteiger partial charge on any atom is 0.251 e. The van der Waals surface area contributed by atoms with Crippen molar-refractivity contribution in [1.82, 2.24) is 5.32 Å². The maximum atomic E-state index is 12.5. The summed E-state index contributed by atoms with van der Waals surface area (Å²) in [4.78, 5) is 12.7. The fourth-order valence-corrected chi connectivity index (χ4v) is 3.10. The summed E-state index contributed by atoms with van der Waals surface area (Å²) >= 11 is 0. The molecule has 1 amide bonds. The van der Waals surface area contributed by atoms with Gasteiger partial charge in [-0.05, 0) is 48.4 Å². The summed E-state index contributed by atoms with van der Waals surface area (Å²) in [6, 6.07) is 13.3. The molecule has 6 heteroatoms. The van der Waals surface area contributed by atoms with Gasteiger partial charge in [-0.25, -0.2) is 8.42 Å². The van der Waals surface area contributed by atoms with Crippen LogP contribution in [0.25, 0.3) is 0 Å². The molecular weight excluding hydrogens is 350 g/mol. The SMILES string of the molecule is C=CCOc1ccc(C(=O)N[C@H](CC)c2ccc(S(C)(=O)=O)cc2)cc1. The van der Waals surface area contributed by atoms with Crippen LogP contribution in [0, 0.1) is 0 Å². The predicted octanol–water partition coefficient (Wildman–Crippen LogP) is 3.54. The van der Waals surface area contributed by atoms with Crippen LogP contribution in [0.2, 0.25) is 0 Å². The number of benzene rings is 2. The first kappa shape index (κ1) is 19.7. The van der Waals surface area contributed by atoms with Crippen LogP contribution in [0.3, 0.4) is 0 Å². The third-order valence-corrected chi connectivity index (χ3v) is 5.04. The van der Waals surface area contributed by atoms with Gasteiger partial charge in [0.25, 0.3) is 5.91 Å². The van der Waals surface area contributed by atoms with E-state index in [1.165, 1.54) is 6.26 Å². The molecule has 2 aromatic rings. The van der Waals surface area contributed by atoms with Gasteiger partial charge < -0.3 is 10.1 Å². The predicted molar refractivity (Wildman–Crippen MR) is 102 cm³/mol. The van der Waals surface area contributed by atoms with E-state index in [2.05, 4.69) is 11.9 Å². The Kier molecular flexibility index (Phi) is 6.58. The molecule has 26 heavy (non-hydrogen) atoms. The van der Waals surface area contributed by atoms with E-state index in [-0.39, 0.29) is 16.8 Å². The summed E-state index contributed by atoms with van der Waals surface area (Å²) in [6.45, 7) is 5.96. The molecular formula is C20H23NO4S. The average Bonchev–Trinajstić information content (AvgIpc) is 2.64. The number of amides is 1. The molecule has 0 saturated heterocycles. The highest BCUT2D eigenvalue weighted by atomic mass is 32.2. The van der Waals surface area contributed by atoms with Gasteiger partial charge in [0, 0.05) is 11.8 Å². The Labute approximate surface area is 154 Å². The van der Waals surface area contributed by atoms with Crippen LogP contribution in [-0.4, -0.2) is 27.2 Å². The highest BCUT2D eigenvalue weighted by Crippen LogP contribution is 2.20. The smallest absolute Gasteiger partial charge is 0.251 e. The van der Waals surface area contributed by atoms with E-state index < -0.39 is 9.84 Å². The van der Waals surface area contributed by atoms with Crippen LogP contribution < -0.4 is 10.1 Å². The van der Waals surface area contributed by atoms with Gasteiger partial charge in [0.05, 0.1) is 10.9 Å². The minimum atomic E-state index is -3.23. The van der Waals surface area contributed by atoms with Crippen LogP contribution in [0.1, 0.15) is 35.3 Å². The number of carbonyl (C=O) groups is 1. The number of carbonyl (C=O) groups excluding carboxylic acids is 1. The molecule has 0 saturated carbocycles. The van der Waals surface area contributed by atoms with E-state index in [1.54, 1.807) is 54.6 Å². The molecule has 0 aliphatic heterocycles. The molecule has 5 nitrogen and oxygen atoms in total. The van der Waals surface area contributed by atoms with E-state index in [9.17, 15) is 13.2 Å². The van der Waals surface area contributed by atoms with Crippen LogP contribution in [0.4, 0.5) is 0 Å². The van der Waals surface area contributed by atoms with Crippen molar-refractivity contribution in [3.63, 3.8) is 0 Å². The molecule has 2 rings (SSSR count). The first-order valence-electron chi connectivity index (χ1n) is 8.29. The zero-order valence-corrected chi connectivity index (χ0v) is 15.8. The second-order valence-corrected chi connectivity index (χ2v) is 7.92. The highest BCUT2D eigenvalue weighted by Gasteiger charge is 2.15. The van der Waals surface area contributed by atoms with E-state index in [4.69, 9.17) is 4.74 Å². The maximum absolute atomic E-state index is 12.5. The highest BCUT2D eigenvalue weighted by molar-refractivity contribution is 7.90. The quantitative estimate of drug-likeness (QED) is 0.719. The molecule has 0 spiro atoms. The van der Waals surface area contributed by atoms with Crippen LogP contribution in [0.5, 0.6) is 5.75 Å². The molecule has 0 radical (unpaired) electrons. The summed E-state index contributed by atoms with van der Waals surface area (Å²) in [6.07, 6.45) is 3.51. The molecule has 1 N–H and O–H groups in total. The van der Waals surface area contributed by atoms with Crippen molar-refractivity contribution in [1.29, 1.82) is 0 Å². The van der Waals surface area contributed by atoms with Crippen molar-refractivity contribution in [2.75, 3.05) is 12.9 Å². The average molecular weight is 373 g/mol. The Morgan fingerprint density at radius 3 is 2.27 bits per heavy atom.